The van der Waals surface area contributed by atoms with Gasteiger partial charge in [-0.1, -0.05) is 30.3 Å². The van der Waals surface area contributed by atoms with Crippen LogP contribution in [0.3, 0.4) is 0 Å². The molecule has 0 fully saturated rings. The Hall–Kier alpha value is -1.04. The zero-order valence-corrected chi connectivity index (χ0v) is 13.4. The lowest BCUT2D eigenvalue weighted by molar-refractivity contribution is 0.107. The lowest BCUT2D eigenvalue weighted by Gasteiger charge is -2.15. The molecule has 2 rings (SSSR count). The highest BCUT2D eigenvalue weighted by Gasteiger charge is 2.11. The van der Waals surface area contributed by atoms with E-state index >= 15 is 0 Å². The van der Waals surface area contributed by atoms with Crippen LogP contribution in [0.4, 0.5) is 5.13 Å². The second kappa shape index (κ2) is 7.11. The molecule has 0 amide bonds. The minimum absolute atomic E-state index is 0.591. The van der Waals surface area contributed by atoms with Crippen LogP contribution in [-0.4, -0.2) is 33.7 Å². The van der Waals surface area contributed by atoms with Crippen molar-refractivity contribution in [3.05, 3.63) is 35.7 Å². The van der Waals surface area contributed by atoms with Gasteiger partial charge >= 0.3 is 0 Å². The Labute approximate surface area is 128 Å². The van der Waals surface area contributed by atoms with E-state index < -0.39 is 5.60 Å². The summed E-state index contributed by atoms with van der Waals surface area (Å²) < 4.78 is 0. The first kappa shape index (κ1) is 15.4. The van der Waals surface area contributed by atoms with Crippen molar-refractivity contribution in [1.82, 2.24) is 4.98 Å². The minimum atomic E-state index is -0.591. The van der Waals surface area contributed by atoms with Crippen LogP contribution in [0.15, 0.2) is 35.7 Å². The summed E-state index contributed by atoms with van der Waals surface area (Å²) >= 11 is 3.37. The smallest absolute Gasteiger partial charge is 0.183 e. The molecule has 1 heterocycles. The molecule has 0 aliphatic heterocycles. The van der Waals surface area contributed by atoms with Crippen LogP contribution in [0, 0.1) is 0 Å². The third-order valence-corrected chi connectivity index (χ3v) is 4.76. The van der Waals surface area contributed by atoms with Gasteiger partial charge in [-0.25, -0.2) is 4.98 Å². The second-order valence-corrected chi connectivity index (χ2v) is 7.16. The van der Waals surface area contributed by atoms with Crippen molar-refractivity contribution < 1.29 is 5.11 Å². The Morgan fingerprint density at radius 2 is 2.05 bits per heavy atom. The first-order valence-electron chi connectivity index (χ1n) is 6.59. The molecular weight excluding hydrogens is 288 g/mol. The number of hydrogen-bond acceptors (Lipinski definition) is 5. The van der Waals surface area contributed by atoms with Gasteiger partial charge in [0, 0.05) is 29.0 Å². The van der Waals surface area contributed by atoms with Crippen LogP contribution < -0.4 is 5.32 Å². The van der Waals surface area contributed by atoms with Crippen LogP contribution in [0.5, 0.6) is 0 Å². The van der Waals surface area contributed by atoms with E-state index in [-0.39, 0.29) is 0 Å². The molecule has 0 saturated carbocycles. The van der Waals surface area contributed by atoms with Gasteiger partial charge in [0.1, 0.15) is 0 Å². The summed E-state index contributed by atoms with van der Waals surface area (Å²) in [5, 5.41) is 16.0. The fourth-order valence-electron chi connectivity index (χ4n) is 1.65. The summed E-state index contributed by atoms with van der Waals surface area (Å²) in [6.07, 6.45) is 0. The van der Waals surface area contributed by atoms with Crippen molar-refractivity contribution in [2.24, 2.45) is 0 Å². The van der Waals surface area contributed by atoms with Gasteiger partial charge in [0.2, 0.25) is 0 Å². The van der Waals surface area contributed by atoms with E-state index in [0.29, 0.717) is 0 Å². The van der Waals surface area contributed by atoms with Crippen LogP contribution in [0.1, 0.15) is 13.8 Å². The van der Waals surface area contributed by atoms with Gasteiger partial charge in [0.05, 0.1) is 11.3 Å². The molecule has 5 heteroatoms. The van der Waals surface area contributed by atoms with Crippen molar-refractivity contribution in [3.63, 3.8) is 0 Å². The molecule has 1 aromatic carbocycles. The Morgan fingerprint density at radius 3 is 2.75 bits per heavy atom. The van der Waals surface area contributed by atoms with Crippen molar-refractivity contribution in [3.8, 4) is 11.3 Å². The van der Waals surface area contributed by atoms with Gasteiger partial charge in [-0.05, 0) is 13.8 Å². The average molecular weight is 308 g/mol. The van der Waals surface area contributed by atoms with Crippen LogP contribution >= 0.6 is 23.1 Å². The van der Waals surface area contributed by atoms with Crippen molar-refractivity contribution >= 4 is 28.2 Å². The first-order valence-corrected chi connectivity index (χ1v) is 8.63. The molecule has 0 aliphatic carbocycles. The summed E-state index contributed by atoms with van der Waals surface area (Å²) in [5.41, 5.74) is 1.57. The van der Waals surface area contributed by atoms with Crippen LogP contribution in [0.25, 0.3) is 11.3 Å². The van der Waals surface area contributed by atoms with Gasteiger partial charge < -0.3 is 10.4 Å². The van der Waals surface area contributed by atoms with E-state index in [1.165, 1.54) is 0 Å². The molecule has 0 radical (unpaired) electrons. The van der Waals surface area contributed by atoms with Gasteiger partial charge in [-0.15, -0.1) is 11.3 Å². The number of anilines is 1. The summed E-state index contributed by atoms with van der Waals surface area (Å²) in [6, 6.07) is 10.2. The molecule has 2 aromatic rings. The highest BCUT2D eigenvalue weighted by atomic mass is 32.2. The number of aliphatic hydroxyl groups is 1. The van der Waals surface area contributed by atoms with E-state index in [4.69, 9.17) is 0 Å². The number of benzene rings is 1. The maximum atomic E-state index is 9.61. The molecule has 0 unspecified atom stereocenters. The standard InChI is InChI=1S/C15H20N2OS2/c1-15(2,18)11-19-9-8-16-14-17-13(10-20-14)12-6-4-3-5-7-12/h3-7,10,18H,8-9,11H2,1-2H3,(H,16,17). The molecule has 0 atom stereocenters. The molecule has 1 aromatic heterocycles. The fraction of sp³-hybridized carbons (Fsp3) is 0.400. The minimum Gasteiger partial charge on any atom is -0.390 e. The van der Waals surface area contributed by atoms with E-state index in [0.717, 1.165) is 34.4 Å². The number of thiazole rings is 1. The normalized spacial score (nSPS) is 11.6. The summed E-state index contributed by atoms with van der Waals surface area (Å²) in [7, 11) is 0. The molecule has 3 nitrogen and oxygen atoms in total. The summed E-state index contributed by atoms with van der Waals surface area (Å²) in [5.74, 6) is 1.71. The average Bonchev–Trinajstić information content (AvgIpc) is 2.87. The van der Waals surface area contributed by atoms with Crippen LogP contribution in [-0.2, 0) is 0 Å². The molecule has 0 saturated heterocycles. The second-order valence-electron chi connectivity index (χ2n) is 5.20. The van der Waals surface area contributed by atoms with E-state index in [9.17, 15) is 5.11 Å². The topological polar surface area (TPSA) is 45.1 Å². The quantitative estimate of drug-likeness (QED) is 0.765. The SMILES string of the molecule is CC(C)(O)CSCCNc1nc(-c2ccccc2)cs1. The number of nitrogens with zero attached hydrogens (tertiary/aromatic N) is 1. The molecule has 20 heavy (non-hydrogen) atoms. The third kappa shape index (κ3) is 5.15. The molecule has 108 valence electrons. The third-order valence-electron chi connectivity index (χ3n) is 2.55. The van der Waals surface area contributed by atoms with Crippen molar-refractivity contribution in [2.45, 2.75) is 19.4 Å². The Balaban J connectivity index is 1.76. The lowest BCUT2D eigenvalue weighted by Crippen LogP contribution is -2.22. The number of hydrogen-bond donors (Lipinski definition) is 2. The monoisotopic (exact) mass is 308 g/mol. The summed E-state index contributed by atoms with van der Waals surface area (Å²) in [4.78, 5) is 4.58. The largest absolute Gasteiger partial charge is 0.390 e. The van der Waals surface area contributed by atoms with Crippen LogP contribution in [0.2, 0.25) is 0 Å². The van der Waals surface area contributed by atoms with Gasteiger partial charge in [-0.3, -0.25) is 0 Å². The van der Waals surface area contributed by atoms with E-state index in [1.807, 2.05) is 32.0 Å². The maximum Gasteiger partial charge on any atom is 0.183 e. The molecular formula is C15H20N2OS2. The zero-order valence-electron chi connectivity index (χ0n) is 11.8. The van der Waals surface area contributed by atoms with Crippen molar-refractivity contribution in [2.75, 3.05) is 23.4 Å². The first-order chi connectivity index (χ1) is 9.54. The zero-order chi connectivity index (χ0) is 14.4. The number of rotatable bonds is 7. The maximum absolute atomic E-state index is 9.61. The number of thioether (sulfide) groups is 1. The number of aromatic nitrogens is 1. The van der Waals surface area contributed by atoms with E-state index in [1.54, 1.807) is 23.1 Å². The fourth-order valence-corrected chi connectivity index (χ4v) is 3.29. The molecule has 2 N–H and O–H groups in total. The van der Waals surface area contributed by atoms with Gasteiger partial charge in [0.25, 0.3) is 0 Å². The molecule has 0 aliphatic rings. The highest BCUT2D eigenvalue weighted by molar-refractivity contribution is 7.99. The summed E-state index contributed by atoms with van der Waals surface area (Å²) in [6.45, 7) is 4.53. The Kier molecular flexibility index (Phi) is 5.46. The van der Waals surface area contributed by atoms with Gasteiger partial charge in [-0.2, -0.15) is 11.8 Å². The molecule has 0 spiro atoms. The lowest BCUT2D eigenvalue weighted by atomic mass is 10.2. The predicted molar refractivity (Wildman–Crippen MR) is 89.7 cm³/mol. The van der Waals surface area contributed by atoms with E-state index in [2.05, 4.69) is 27.8 Å². The van der Waals surface area contributed by atoms with Gasteiger partial charge in [0.15, 0.2) is 5.13 Å². The Morgan fingerprint density at radius 1 is 1.30 bits per heavy atom. The highest BCUT2D eigenvalue weighted by Crippen LogP contribution is 2.24. The Bertz CT molecular complexity index is 520. The molecule has 0 bridgehead atoms. The number of nitrogens with one attached hydrogen (secondary N) is 1. The predicted octanol–water partition coefficient (Wildman–Crippen LogP) is 3.73. The van der Waals surface area contributed by atoms with Crippen molar-refractivity contribution in [1.29, 1.82) is 0 Å².